The van der Waals surface area contributed by atoms with Crippen molar-refractivity contribution in [3.8, 4) is 0 Å². The number of hydroxylamine groups is 3. The van der Waals surface area contributed by atoms with Gasteiger partial charge in [-0.1, -0.05) is 6.58 Å². The van der Waals surface area contributed by atoms with Crippen molar-refractivity contribution in [2.45, 2.75) is 0 Å². The van der Waals surface area contributed by atoms with E-state index in [1.54, 1.807) is 21.1 Å². The van der Waals surface area contributed by atoms with E-state index in [-0.39, 0.29) is 10.8 Å². The summed E-state index contributed by atoms with van der Waals surface area (Å²) in [6.07, 6.45) is 1.14. The Morgan fingerprint density at radius 1 is 1.50 bits per heavy atom. The topological polar surface area (TPSA) is 61.3 Å². The molecule has 4 heteroatoms. The van der Waals surface area contributed by atoms with Gasteiger partial charge >= 0.3 is 5.97 Å². The quantitative estimate of drug-likeness (QED) is 0.351. The highest BCUT2D eigenvalue weighted by Gasteiger charge is 2.11. The lowest BCUT2D eigenvalue weighted by atomic mass is 10.7. The average molecular weight is 147 g/mol. The van der Waals surface area contributed by atoms with Crippen molar-refractivity contribution in [1.82, 2.24) is 6.15 Å². The van der Waals surface area contributed by atoms with Crippen LogP contribution >= 0.6 is 0 Å². The summed E-state index contributed by atoms with van der Waals surface area (Å²) in [6.45, 7) is 3.26. The van der Waals surface area contributed by atoms with Gasteiger partial charge in [-0.2, -0.15) is 0 Å². The van der Waals surface area contributed by atoms with Crippen LogP contribution in [-0.4, -0.2) is 31.8 Å². The van der Waals surface area contributed by atoms with Gasteiger partial charge in [-0.15, -0.1) is 4.65 Å². The predicted molar refractivity (Wildman–Crippen MR) is 39.3 cm³/mol. The maximum atomic E-state index is 10.5. The van der Waals surface area contributed by atoms with E-state index in [2.05, 4.69) is 6.58 Å². The lowest BCUT2D eigenvalue weighted by Crippen LogP contribution is -2.36. The summed E-state index contributed by atoms with van der Waals surface area (Å²) < 4.78 is 0.171. The molecule has 0 aliphatic carbocycles. The summed E-state index contributed by atoms with van der Waals surface area (Å²) >= 11 is 0. The predicted octanol–water partition coefficient (Wildman–Crippen LogP) is 0.499. The van der Waals surface area contributed by atoms with Crippen LogP contribution in [-0.2, 0) is 9.63 Å². The van der Waals surface area contributed by atoms with Gasteiger partial charge in [0.05, 0.1) is 0 Å². The van der Waals surface area contributed by atoms with Crippen molar-refractivity contribution in [3.05, 3.63) is 12.7 Å². The van der Waals surface area contributed by atoms with Gasteiger partial charge in [0.2, 0.25) is 0 Å². The first-order valence-electron chi connectivity index (χ1n) is 2.63. The molecule has 0 aliphatic heterocycles. The second kappa shape index (κ2) is 4.03. The lowest BCUT2D eigenvalue weighted by Gasteiger charge is -2.18. The summed E-state index contributed by atoms with van der Waals surface area (Å²) in [6, 6.07) is 0. The number of carbonyl (C=O) groups is 1. The molecule has 0 amide bonds. The minimum Gasteiger partial charge on any atom is -0.344 e. The molecule has 0 rings (SSSR count). The molecule has 0 unspecified atom stereocenters. The fourth-order valence-corrected chi connectivity index (χ4v) is 0.307. The molecule has 0 saturated carbocycles. The Morgan fingerprint density at radius 2 is 1.90 bits per heavy atom. The fourth-order valence-electron chi connectivity index (χ4n) is 0.307. The summed E-state index contributed by atoms with van der Waals surface area (Å²) in [5, 5.41) is 0. The molecular weight excluding hydrogens is 132 g/mol. The monoisotopic (exact) mass is 147 g/mol. The van der Waals surface area contributed by atoms with E-state index in [9.17, 15) is 4.79 Å². The van der Waals surface area contributed by atoms with Gasteiger partial charge in [0.1, 0.15) is 21.1 Å². The largest absolute Gasteiger partial charge is 0.389 e. The second-order valence-corrected chi connectivity index (χ2v) is 2.50. The van der Waals surface area contributed by atoms with E-state index in [0.29, 0.717) is 0 Å². The first-order valence-corrected chi connectivity index (χ1v) is 2.63. The van der Waals surface area contributed by atoms with Gasteiger partial charge in [-0.05, 0) is 0 Å². The van der Waals surface area contributed by atoms with Gasteiger partial charge in [-0.25, -0.2) is 4.79 Å². The zero-order chi connectivity index (χ0) is 7.49. The van der Waals surface area contributed by atoms with Crippen molar-refractivity contribution in [3.63, 3.8) is 0 Å². The molecule has 0 heterocycles. The zero-order valence-corrected chi connectivity index (χ0v) is 6.76. The molecule has 0 aliphatic rings. The first-order chi connectivity index (χ1) is 3.95. The van der Waals surface area contributed by atoms with Crippen LogP contribution in [0.4, 0.5) is 0 Å². The highest BCUT2D eigenvalue weighted by Crippen LogP contribution is 1.92. The number of hydrogen-bond donors (Lipinski definition) is 1. The second-order valence-electron chi connectivity index (χ2n) is 2.50. The minimum absolute atomic E-state index is 0. The Bertz CT molecular complexity index is 126. The lowest BCUT2D eigenvalue weighted by molar-refractivity contribution is -1.04. The Kier molecular flexibility index (Phi) is 4.78. The third-order valence-electron chi connectivity index (χ3n) is 0.531. The van der Waals surface area contributed by atoms with E-state index in [1.807, 2.05) is 0 Å². The van der Waals surface area contributed by atoms with Crippen molar-refractivity contribution in [2.24, 2.45) is 0 Å². The average Bonchev–Trinajstić information content (AvgIpc) is 1.62. The van der Waals surface area contributed by atoms with Crippen LogP contribution in [0.2, 0.25) is 0 Å². The number of quaternary nitrogens is 1. The maximum absolute atomic E-state index is 10.5. The number of nitrogens with zero attached hydrogens (tertiary/aromatic N) is 1. The molecule has 0 radical (unpaired) electrons. The Labute approximate surface area is 61.2 Å². The summed E-state index contributed by atoms with van der Waals surface area (Å²) in [7, 11) is 5.25. The van der Waals surface area contributed by atoms with E-state index >= 15 is 0 Å². The molecule has 0 bridgehead atoms. The SMILES string of the molecule is C=CC(=O)O[N+](C)(C)C.N. The third kappa shape index (κ3) is 7.13. The Hall–Kier alpha value is -0.870. The Balaban J connectivity index is 0. The van der Waals surface area contributed by atoms with Crippen LogP contribution in [0.25, 0.3) is 0 Å². The van der Waals surface area contributed by atoms with E-state index in [0.717, 1.165) is 6.08 Å². The van der Waals surface area contributed by atoms with Crippen molar-refractivity contribution >= 4 is 5.97 Å². The summed E-state index contributed by atoms with van der Waals surface area (Å²) in [5.74, 6) is -0.400. The molecule has 60 valence electrons. The summed E-state index contributed by atoms with van der Waals surface area (Å²) in [4.78, 5) is 15.2. The number of rotatable bonds is 2. The van der Waals surface area contributed by atoms with E-state index < -0.39 is 5.97 Å². The molecule has 0 atom stereocenters. The van der Waals surface area contributed by atoms with Crippen LogP contribution in [0.1, 0.15) is 0 Å². The molecule has 0 aromatic carbocycles. The molecular formula is C6H15N2O2+. The Morgan fingerprint density at radius 3 is 2.00 bits per heavy atom. The minimum atomic E-state index is -0.400. The van der Waals surface area contributed by atoms with Gasteiger partial charge in [-0.3, -0.25) is 4.84 Å². The molecule has 0 saturated heterocycles. The summed E-state index contributed by atoms with van der Waals surface area (Å²) in [5.41, 5.74) is 0. The zero-order valence-electron chi connectivity index (χ0n) is 6.76. The number of carbonyl (C=O) groups excluding carboxylic acids is 1. The van der Waals surface area contributed by atoms with Gasteiger partial charge in [0.25, 0.3) is 0 Å². The molecule has 10 heavy (non-hydrogen) atoms. The van der Waals surface area contributed by atoms with Crippen LogP contribution in [0.3, 0.4) is 0 Å². The van der Waals surface area contributed by atoms with Gasteiger partial charge in [0.15, 0.2) is 0 Å². The molecule has 0 aromatic heterocycles. The number of hydrogen-bond acceptors (Lipinski definition) is 3. The van der Waals surface area contributed by atoms with Crippen LogP contribution in [0, 0.1) is 0 Å². The normalized spacial score (nSPS) is 9.50. The molecule has 0 fully saturated rings. The molecule has 3 N–H and O–H groups in total. The van der Waals surface area contributed by atoms with Crippen molar-refractivity contribution < 1.29 is 14.3 Å². The smallest absolute Gasteiger partial charge is 0.344 e. The van der Waals surface area contributed by atoms with Crippen LogP contribution < -0.4 is 6.15 Å². The molecule has 0 spiro atoms. The van der Waals surface area contributed by atoms with Crippen molar-refractivity contribution in [2.75, 3.05) is 21.1 Å². The van der Waals surface area contributed by atoms with Gasteiger partial charge in [0, 0.05) is 6.08 Å². The highest BCUT2D eigenvalue weighted by atomic mass is 16.7. The maximum Gasteiger partial charge on any atom is 0.389 e. The van der Waals surface area contributed by atoms with E-state index in [1.165, 1.54) is 0 Å². The first kappa shape index (κ1) is 11.9. The highest BCUT2D eigenvalue weighted by molar-refractivity contribution is 5.80. The standard InChI is InChI=1S/C6H12NO2.H3N/c1-5-6(8)9-7(2,3)4;/h5H,1H2,2-4H3;1H3/q+1;. The van der Waals surface area contributed by atoms with Gasteiger partial charge < -0.3 is 6.15 Å². The third-order valence-corrected chi connectivity index (χ3v) is 0.531. The van der Waals surface area contributed by atoms with Crippen LogP contribution in [0.5, 0.6) is 0 Å². The van der Waals surface area contributed by atoms with Crippen LogP contribution in [0.15, 0.2) is 12.7 Å². The fraction of sp³-hybridized carbons (Fsp3) is 0.500. The van der Waals surface area contributed by atoms with Crippen molar-refractivity contribution in [1.29, 1.82) is 0 Å². The molecule has 4 nitrogen and oxygen atoms in total. The van der Waals surface area contributed by atoms with E-state index in [4.69, 9.17) is 4.84 Å². The molecule has 0 aromatic rings.